The van der Waals surface area contributed by atoms with Crippen LogP contribution < -0.4 is 0 Å². The lowest BCUT2D eigenvalue weighted by Crippen LogP contribution is -2.45. The highest BCUT2D eigenvalue weighted by Crippen LogP contribution is 2.37. The molecule has 0 aromatic heterocycles. The smallest absolute Gasteiger partial charge is 0.254 e. The molecule has 1 amide bonds. The van der Waals surface area contributed by atoms with E-state index in [9.17, 15) is 9.90 Å². The van der Waals surface area contributed by atoms with Crippen LogP contribution >= 0.6 is 0 Å². The van der Waals surface area contributed by atoms with Crippen molar-refractivity contribution >= 4 is 16.7 Å². The lowest BCUT2D eigenvalue weighted by Gasteiger charge is -2.37. The number of rotatable bonds is 3. The van der Waals surface area contributed by atoms with E-state index in [1.54, 1.807) is 0 Å². The Bertz CT molecular complexity index is 957. The maximum Gasteiger partial charge on any atom is 0.254 e. The second-order valence-corrected chi connectivity index (χ2v) is 10.4. The molecule has 2 aliphatic heterocycles. The maximum atomic E-state index is 13.4. The molecule has 4 heteroatoms. The molecule has 5 rings (SSSR count). The molecule has 1 aliphatic carbocycles. The Hall–Kier alpha value is -1.91. The highest BCUT2D eigenvalue weighted by Gasteiger charge is 2.38. The highest BCUT2D eigenvalue weighted by atomic mass is 16.3. The topological polar surface area (TPSA) is 43.8 Å². The molecule has 1 saturated carbocycles. The van der Waals surface area contributed by atoms with Crippen LogP contribution in [0.15, 0.2) is 30.3 Å². The first-order valence-electron chi connectivity index (χ1n) is 11.7. The highest BCUT2D eigenvalue weighted by molar-refractivity contribution is 6.05. The number of fused-ring (bicyclic) bond motifs is 3. The summed E-state index contributed by atoms with van der Waals surface area (Å²) < 4.78 is 0. The molecular formula is C26H34N2O2. The summed E-state index contributed by atoms with van der Waals surface area (Å²) in [6.45, 7) is 8.50. The number of carbonyl (C=O) groups excluding carboxylic acids is 1. The standard InChI is InChI=1S/C26H34N2O2/c1-26(2)11-13-27(14-12-26)16-18-15-21-22(20-8-4-3-7-19(18)20)17-28(25(21)30)23-9-5-6-10-24(23)29/h3-4,7-8,15,23-24,29H,5-6,9-14,16-17H2,1-2H3. The number of benzene rings is 2. The van der Waals surface area contributed by atoms with Crippen molar-refractivity contribution in [1.29, 1.82) is 0 Å². The Morgan fingerprint density at radius 1 is 1.07 bits per heavy atom. The molecule has 2 unspecified atom stereocenters. The van der Waals surface area contributed by atoms with Crippen LogP contribution in [0.1, 0.15) is 73.9 Å². The van der Waals surface area contributed by atoms with E-state index in [1.165, 1.54) is 29.2 Å². The number of hydrogen-bond acceptors (Lipinski definition) is 3. The lowest BCUT2D eigenvalue weighted by molar-refractivity contribution is 0.0192. The van der Waals surface area contributed by atoms with Crippen LogP contribution in [-0.4, -0.2) is 46.0 Å². The van der Waals surface area contributed by atoms with Crippen LogP contribution in [0.25, 0.3) is 10.8 Å². The van der Waals surface area contributed by atoms with Crippen molar-refractivity contribution < 1.29 is 9.90 Å². The molecule has 0 spiro atoms. The van der Waals surface area contributed by atoms with Crippen LogP contribution in [0.4, 0.5) is 0 Å². The number of amides is 1. The van der Waals surface area contributed by atoms with Gasteiger partial charge in [-0.05, 0) is 72.2 Å². The van der Waals surface area contributed by atoms with Gasteiger partial charge in [-0.3, -0.25) is 9.69 Å². The average Bonchev–Trinajstić information content (AvgIpc) is 3.07. The Morgan fingerprint density at radius 2 is 1.77 bits per heavy atom. The summed E-state index contributed by atoms with van der Waals surface area (Å²) in [5, 5.41) is 13.0. The Kier molecular flexibility index (Phi) is 5.11. The van der Waals surface area contributed by atoms with Gasteiger partial charge >= 0.3 is 0 Å². The van der Waals surface area contributed by atoms with Gasteiger partial charge in [0, 0.05) is 18.7 Å². The molecule has 2 atom stereocenters. The van der Waals surface area contributed by atoms with Crippen molar-refractivity contribution in [3.63, 3.8) is 0 Å². The van der Waals surface area contributed by atoms with Crippen LogP contribution in [0.3, 0.4) is 0 Å². The summed E-state index contributed by atoms with van der Waals surface area (Å²) in [6.07, 6.45) is 5.94. The minimum atomic E-state index is -0.389. The summed E-state index contributed by atoms with van der Waals surface area (Å²) in [5.74, 6) is 0.114. The third-order valence-corrected chi connectivity index (χ3v) is 7.76. The fourth-order valence-corrected chi connectivity index (χ4v) is 5.68. The zero-order chi connectivity index (χ0) is 20.9. The number of piperidine rings is 1. The first-order chi connectivity index (χ1) is 14.4. The minimum absolute atomic E-state index is 0.0369. The second-order valence-electron chi connectivity index (χ2n) is 10.4. The van der Waals surface area contributed by atoms with E-state index in [-0.39, 0.29) is 18.1 Å². The molecule has 30 heavy (non-hydrogen) atoms. The zero-order valence-corrected chi connectivity index (χ0v) is 18.4. The second kappa shape index (κ2) is 7.65. The fraction of sp³-hybridized carbons (Fsp3) is 0.577. The first kappa shape index (κ1) is 20.0. The molecule has 1 saturated heterocycles. The number of aliphatic hydroxyl groups is 1. The van der Waals surface area contributed by atoms with Crippen molar-refractivity contribution in [1.82, 2.24) is 9.80 Å². The van der Waals surface area contributed by atoms with Crippen LogP contribution in [0.5, 0.6) is 0 Å². The van der Waals surface area contributed by atoms with Crippen molar-refractivity contribution in [3.8, 4) is 0 Å². The number of aliphatic hydroxyl groups excluding tert-OH is 1. The van der Waals surface area contributed by atoms with E-state index in [0.29, 0.717) is 12.0 Å². The predicted molar refractivity (Wildman–Crippen MR) is 120 cm³/mol. The van der Waals surface area contributed by atoms with Gasteiger partial charge in [-0.25, -0.2) is 0 Å². The van der Waals surface area contributed by atoms with Gasteiger partial charge in [0.05, 0.1) is 12.1 Å². The van der Waals surface area contributed by atoms with Gasteiger partial charge in [-0.2, -0.15) is 0 Å². The SMILES string of the molecule is CC1(C)CCN(Cc2cc3c(c4ccccc24)CN(C2CCCCC2O)C3=O)CC1. The largest absolute Gasteiger partial charge is 0.391 e. The van der Waals surface area contributed by atoms with Crippen molar-refractivity contribution in [2.24, 2.45) is 5.41 Å². The first-order valence-corrected chi connectivity index (χ1v) is 11.7. The number of likely N-dealkylation sites (tertiary alicyclic amines) is 1. The van der Waals surface area contributed by atoms with Gasteiger partial charge in [-0.15, -0.1) is 0 Å². The molecule has 2 fully saturated rings. The normalized spacial score (nSPS) is 26.9. The summed E-state index contributed by atoms with van der Waals surface area (Å²) in [4.78, 5) is 17.9. The van der Waals surface area contributed by atoms with Crippen molar-refractivity contribution in [2.75, 3.05) is 13.1 Å². The summed E-state index contributed by atoms with van der Waals surface area (Å²) in [5.41, 5.74) is 3.72. The molecule has 160 valence electrons. The van der Waals surface area contributed by atoms with E-state index in [4.69, 9.17) is 0 Å². The quantitative estimate of drug-likeness (QED) is 0.802. The van der Waals surface area contributed by atoms with E-state index < -0.39 is 0 Å². The molecule has 2 aromatic rings. The van der Waals surface area contributed by atoms with Gasteiger partial charge < -0.3 is 10.0 Å². The molecular weight excluding hydrogens is 372 g/mol. The lowest BCUT2D eigenvalue weighted by atomic mass is 9.82. The zero-order valence-electron chi connectivity index (χ0n) is 18.4. The van der Waals surface area contributed by atoms with Crippen LogP contribution in [-0.2, 0) is 13.1 Å². The molecule has 0 bridgehead atoms. The number of carbonyl (C=O) groups is 1. The Morgan fingerprint density at radius 3 is 2.50 bits per heavy atom. The molecule has 0 radical (unpaired) electrons. The van der Waals surface area contributed by atoms with Gasteiger partial charge in [0.15, 0.2) is 0 Å². The van der Waals surface area contributed by atoms with E-state index in [2.05, 4.69) is 49.1 Å². The van der Waals surface area contributed by atoms with Gasteiger partial charge in [0.2, 0.25) is 0 Å². The fourth-order valence-electron chi connectivity index (χ4n) is 5.68. The third kappa shape index (κ3) is 3.54. The minimum Gasteiger partial charge on any atom is -0.391 e. The summed E-state index contributed by atoms with van der Waals surface area (Å²) in [6, 6.07) is 10.7. The van der Waals surface area contributed by atoms with Gasteiger partial charge in [-0.1, -0.05) is 51.0 Å². The number of nitrogens with zero attached hydrogens (tertiary/aromatic N) is 2. The predicted octanol–water partition coefficient (Wildman–Crippen LogP) is 4.72. The van der Waals surface area contributed by atoms with Crippen LogP contribution in [0.2, 0.25) is 0 Å². The molecule has 2 heterocycles. The van der Waals surface area contributed by atoms with E-state index in [0.717, 1.165) is 56.4 Å². The van der Waals surface area contributed by atoms with Gasteiger partial charge in [0.1, 0.15) is 0 Å². The van der Waals surface area contributed by atoms with Crippen molar-refractivity contribution in [2.45, 2.75) is 77.6 Å². The Labute approximate surface area is 179 Å². The average molecular weight is 407 g/mol. The van der Waals surface area contributed by atoms with Crippen molar-refractivity contribution in [3.05, 3.63) is 47.0 Å². The molecule has 3 aliphatic rings. The maximum absolute atomic E-state index is 13.4. The molecule has 4 nitrogen and oxygen atoms in total. The van der Waals surface area contributed by atoms with E-state index >= 15 is 0 Å². The van der Waals surface area contributed by atoms with Crippen LogP contribution in [0, 0.1) is 5.41 Å². The number of hydrogen-bond donors (Lipinski definition) is 1. The molecule has 2 aromatic carbocycles. The molecule has 1 N–H and O–H groups in total. The van der Waals surface area contributed by atoms with Gasteiger partial charge in [0.25, 0.3) is 5.91 Å². The summed E-state index contributed by atoms with van der Waals surface area (Å²) >= 11 is 0. The monoisotopic (exact) mass is 406 g/mol. The summed E-state index contributed by atoms with van der Waals surface area (Å²) in [7, 11) is 0. The Balaban J connectivity index is 1.47. The third-order valence-electron chi connectivity index (χ3n) is 7.76. The van der Waals surface area contributed by atoms with E-state index in [1.807, 2.05) is 4.90 Å².